The second kappa shape index (κ2) is 7.20. The van der Waals surface area contributed by atoms with Gasteiger partial charge in [0.15, 0.2) is 0 Å². The lowest BCUT2D eigenvalue weighted by Gasteiger charge is -2.11. The molecule has 2 aromatic carbocycles. The van der Waals surface area contributed by atoms with Gasteiger partial charge in [-0.2, -0.15) is 0 Å². The van der Waals surface area contributed by atoms with E-state index in [1.807, 2.05) is 30.3 Å². The monoisotopic (exact) mass is 289 g/mol. The predicted molar refractivity (Wildman–Crippen MR) is 85.7 cm³/mol. The van der Waals surface area contributed by atoms with Crippen LogP contribution < -0.4 is 10.1 Å². The van der Waals surface area contributed by atoms with Crippen LogP contribution >= 0.6 is 11.6 Å². The minimum Gasteiger partial charge on any atom is -0.494 e. The third-order valence-electron chi connectivity index (χ3n) is 3.04. The molecule has 106 valence electrons. The maximum atomic E-state index is 5.96. The number of benzene rings is 2. The van der Waals surface area contributed by atoms with Crippen molar-refractivity contribution < 1.29 is 4.74 Å². The van der Waals surface area contributed by atoms with E-state index in [2.05, 4.69) is 31.3 Å². The minimum absolute atomic E-state index is 0.757. The molecular formula is C17H20ClNO. The molecule has 2 nitrogen and oxygen atoms in total. The van der Waals surface area contributed by atoms with Crippen molar-refractivity contribution in [1.29, 1.82) is 0 Å². The third kappa shape index (κ3) is 4.17. The predicted octanol–water partition coefficient (Wildman–Crippen LogP) is 5.05. The van der Waals surface area contributed by atoms with E-state index in [-0.39, 0.29) is 0 Å². The molecule has 2 aromatic rings. The van der Waals surface area contributed by atoms with Crippen LogP contribution in [0.4, 0.5) is 5.69 Å². The number of nitrogens with one attached hydrogen (secondary N) is 1. The average Bonchev–Trinajstić information content (AvgIpc) is 2.45. The molecule has 0 spiro atoms. The van der Waals surface area contributed by atoms with Gasteiger partial charge in [0.2, 0.25) is 0 Å². The van der Waals surface area contributed by atoms with Gasteiger partial charge >= 0.3 is 0 Å². The summed E-state index contributed by atoms with van der Waals surface area (Å²) in [6.45, 7) is 5.68. The summed E-state index contributed by atoms with van der Waals surface area (Å²) < 4.78 is 5.64. The highest BCUT2D eigenvalue weighted by molar-refractivity contribution is 6.30. The fourth-order valence-corrected chi connectivity index (χ4v) is 2.21. The number of hydrogen-bond donors (Lipinski definition) is 1. The van der Waals surface area contributed by atoms with Crippen molar-refractivity contribution in [2.24, 2.45) is 0 Å². The molecule has 0 saturated carbocycles. The first-order chi connectivity index (χ1) is 9.69. The summed E-state index contributed by atoms with van der Waals surface area (Å²) >= 11 is 5.96. The maximum absolute atomic E-state index is 5.96. The number of ether oxygens (including phenoxy) is 1. The number of hydrogen-bond acceptors (Lipinski definition) is 2. The Morgan fingerprint density at radius 3 is 2.75 bits per heavy atom. The molecule has 0 atom stereocenters. The second-order valence-corrected chi connectivity index (χ2v) is 5.25. The van der Waals surface area contributed by atoms with Crippen LogP contribution in [0.15, 0.2) is 42.5 Å². The van der Waals surface area contributed by atoms with Gasteiger partial charge < -0.3 is 10.1 Å². The first kappa shape index (κ1) is 14.7. The quantitative estimate of drug-likeness (QED) is 0.803. The molecule has 3 heteroatoms. The van der Waals surface area contributed by atoms with E-state index >= 15 is 0 Å². The summed E-state index contributed by atoms with van der Waals surface area (Å²) in [4.78, 5) is 0. The average molecular weight is 290 g/mol. The molecule has 0 aliphatic heterocycles. The summed E-state index contributed by atoms with van der Waals surface area (Å²) in [6.07, 6.45) is 1.02. The highest BCUT2D eigenvalue weighted by Crippen LogP contribution is 2.21. The van der Waals surface area contributed by atoms with E-state index in [1.165, 1.54) is 5.56 Å². The van der Waals surface area contributed by atoms with Gasteiger partial charge in [0.05, 0.1) is 6.61 Å². The molecule has 1 N–H and O–H groups in total. The molecule has 0 fully saturated rings. The molecule has 0 aliphatic carbocycles. The second-order valence-electron chi connectivity index (χ2n) is 4.81. The van der Waals surface area contributed by atoms with E-state index in [9.17, 15) is 0 Å². The molecule has 0 unspecified atom stereocenters. The van der Waals surface area contributed by atoms with Crippen LogP contribution in [0.5, 0.6) is 5.75 Å². The number of rotatable bonds is 6. The van der Waals surface area contributed by atoms with Crippen molar-refractivity contribution in [3.63, 3.8) is 0 Å². The van der Waals surface area contributed by atoms with Gasteiger partial charge in [-0.15, -0.1) is 0 Å². The lowest BCUT2D eigenvalue weighted by Crippen LogP contribution is -2.02. The number of anilines is 1. The largest absolute Gasteiger partial charge is 0.494 e. The fourth-order valence-electron chi connectivity index (χ4n) is 1.99. The van der Waals surface area contributed by atoms with Crippen LogP contribution in [-0.2, 0) is 6.54 Å². The highest BCUT2D eigenvalue weighted by Gasteiger charge is 2.00. The number of halogens is 1. The van der Waals surface area contributed by atoms with E-state index < -0.39 is 0 Å². The molecule has 0 aromatic heterocycles. The first-order valence-electron chi connectivity index (χ1n) is 6.91. The van der Waals surface area contributed by atoms with Crippen LogP contribution in [0.3, 0.4) is 0 Å². The topological polar surface area (TPSA) is 21.3 Å². The first-order valence-corrected chi connectivity index (χ1v) is 7.28. The standard InChI is InChI=1S/C17H20ClNO/c1-3-9-20-16-6-4-5-14(11-16)12-19-17-8-7-15(18)10-13(17)2/h4-8,10-11,19H,3,9,12H2,1-2H3. The maximum Gasteiger partial charge on any atom is 0.119 e. The fraction of sp³-hybridized carbons (Fsp3) is 0.294. The Labute approximate surface area is 125 Å². The van der Waals surface area contributed by atoms with Crippen molar-refractivity contribution in [3.8, 4) is 5.75 Å². The zero-order valence-corrected chi connectivity index (χ0v) is 12.7. The molecule has 0 amide bonds. The van der Waals surface area contributed by atoms with Crippen molar-refractivity contribution in [1.82, 2.24) is 0 Å². The summed E-state index contributed by atoms with van der Waals surface area (Å²) in [7, 11) is 0. The Balaban J connectivity index is 1.99. The lowest BCUT2D eigenvalue weighted by atomic mass is 10.1. The molecule has 0 bridgehead atoms. The molecule has 20 heavy (non-hydrogen) atoms. The van der Waals surface area contributed by atoms with Crippen molar-refractivity contribution >= 4 is 17.3 Å². The summed E-state index contributed by atoms with van der Waals surface area (Å²) in [5.74, 6) is 0.930. The van der Waals surface area contributed by atoms with E-state index in [1.54, 1.807) is 0 Å². The molecule has 2 rings (SSSR count). The van der Waals surface area contributed by atoms with Crippen LogP contribution in [0.25, 0.3) is 0 Å². The van der Waals surface area contributed by atoms with Gasteiger partial charge in [0.1, 0.15) is 5.75 Å². The Hall–Kier alpha value is -1.67. The van der Waals surface area contributed by atoms with Gasteiger partial charge in [-0.1, -0.05) is 30.7 Å². The zero-order chi connectivity index (χ0) is 14.4. The SMILES string of the molecule is CCCOc1cccc(CNc2ccc(Cl)cc2C)c1. The summed E-state index contributed by atoms with van der Waals surface area (Å²) in [5, 5.41) is 4.19. The van der Waals surface area contributed by atoms with Gasteiger partial charge in [-0.05, 0) is 54.8 Å². The van der Waals surface area contributed by atoms with Crippen LogP contribution in [-0.4, -0.2) is 6.61 Å². The summed E-state index contributed by atoms with van der Waals surface area (Å²) in [5.41, 5.74) is 3.46. The van der Waals surface area contributed by atoms with E-state index in [0.717, 1.165) is 41.6 Å². The normalized spacial score (nSPS) is 10.3. The Morgan fingerprint density at radius 2 is 2.00 bits per heavy atom. The van der Waals surface area contributed by atoms with Crippen molar-refractivity contribution in [3.05, 3.63) is 58.6 Å². The molecular weight excluding hydrogens is 270 g/mol. The van der Waals surface area contributed by atoms with Gasteiger partial charge in [-0.25, -0.2) is 0 Å². The van der Waals surface area contributed by atoms with Gasteiger partial charge in [-0.3, -0.25) is 0 Å². The van der Waals surface area contributed by atoms with Crippen LogP contribution in [0, 0.1) is 6.92 Å². The lowest BCUT2D eigenvalue weighted by molar-refractivity contribution is 0.317. The van der Waals surface area contributed by atoms with Crippen LogP contribution in [0.1, 0.15) is 24.5 Å². The van der Waals surface area contributed by atoms with E-state index in [0.29, 0.717) is 0 Å². The molecule has 0 heterocycles. The smallest absolute Gasteiger partial charge is 0.119 e. The Kier molecular flexibility index (Phi) is 5.31. The molecule has 0 saturated heterocycles. The third-order valence-corrected chi connectivity index (χ3v) is 3.28. The molecule has 0 aliphatic rings. The molecule has 0 radical (unpaired) electrons. The zero-order valence-electron chi connectivity index (χ0n) is 11.9. The minimum atomic E-state index is 0.757. The summed E-state index contributed by atoms with van der Waals surface area (Å²) in [6, 6.07) is 14.1. The van der Waals surface area contributed by atoms with Gasteiger partial charge in [0, 0.05) is 17.3 Å². The van der Waals surface area contributed by atoms with Gasteiger partial charge in [0.25, 0.3) is 0 Å². The van der Waals surface area contributed by atoms with E-state index in [4.69, 9.17) is 16.3 Å². The van der Waals surface area contributed by atoms with Crippen molar-refractivity contribution in [2.45, 2.75) is 26.8 Å². The number of aryl methyl sites for hydroxylation is 1. The highest BCUT2D eigenvalue weighted by atomic mass is 35.5. The Morgan fingerprint density at radius 1 is 1.15 bits per heavy atom. The van der Waals surface area contributed by atoms with Crippen LogP contribution in [0.2, 0.25) is 5.02 Å². The van der Waals surface area contributed by atoms with Crippen molar-refractivity contribution in [2.75, 3.05) is 11.9 Å². The Bertz CT molecular complexity index is 569.